The summed E-state index contributed by atoms with van der Waals surface area (Å²) in [5, 5.41) is 0. The van der Waals surface area contributed by atoms with Crippen molar-refractivity contribution in [3.63, 3.8) is 0 Å². The third-order valence-corrected chi connectivity index (χ3v) is 5.78. The first-order valence-corrected chi connectivity index (χ1v) is 8.86. The molecule has 1 atom stereocenters. The van der Waals surface area contributed by atoms with E-state index in [1.165, 1.54) is 69.2 Å². The number of nitrogens with zero attached hydrogens (tertiary/aromatic N) is 1. The van der Waals surface area contributed by atoms with E-state index in [4.69, 9.17) is 5.73 Å². The summed E-state index contributed by atoms with van der Waals surface area (Å²) >= 11 is 0. The SMILES string of the molecule is CCc1ccc(C(N)C2(N3CCCCC3)CCCC2)cc1. The largest absolute Gasteiger partial charge is 0.322 e. The van der Waals surface area contributed by atoms with Gasteiger partial charge in [-0.1, -0.05) is 50.5 Å². The van der Waals surface area contributed by atoms with Crippen LogP contribution in [0.1, 0.15) is 69.0 Å². The van der Waals surface area contributed by atoms with Crippen molar-refractivity contribution in [1.82, 2.24) is 4.90 Å². The lowest BCUT2D eigenvalue weighted by atomic mass is 9.81. The predicted octanol–water partition coefficient (Wildman–Crippen LogP) is 4.05. The summed E-state index contributed by atoms with van der Waals surface area (Å²) in [7, 11) is 0. The second kappa shape index (κ2) is 6.50. The molecule has 0 bridgehead atoms. The van der Waals surface area contributed by atoms with Gasteiger partial charge in [0.2, 0.25) is 0 Å². The number of nitrogens with two attached hydrogens (primary N) is 1. The fourth-order valence-corrected chi connectivity index (χ4v) is 4.42. The highest BCUT2D eigenvalue weighted by atomic mass is 15.2. The van der Waals surface area contributed by atoms with Crippen molar-refractivity contribution in [2.45, 2.75) is 69.9 Å². The number of hydrogen-bond donors (Lipinski definition) is 1. The summed E-state index contributed by atoms with van der Waals surface area (Å²) < 4.78 is 0. The minimum Gasteiger partial charge on any atom is -0.322 e. The molecule has 1 saturated carbocycles. The molecule has 1 aliphatic heterocycles. The van der Waals surface area contributed by atoms with E-state index in [1.807, 2.05) is 0 Å². The van der Waals surface area contributed by atoms with Crippen LogP contribution in [0.4, 0.5) is 0 Å². The van der Waals surface area contributed by atoms with E-state index in [1.54, 1.807) is 0 Å². The van der Waals surface area contributed by atoms with Gasteiger partial charge in [0, 0.05) is 11.6 Å². The summed E-state index contributed by atoms with van der Waals surface area (Å²) in [6.07, 6.45) is 10.5. The van der Waals surface area contributed by atoms with Gasteiger partial charge in [-0.05, 0) is 56.3 Å². The number of rotatable bonds is 4. The quantitative estimate of drug-likeness (QED) is 0.905. The van der Waals surface area contributed by atoms with E-state index >= 15 is 0 Å². The number of hydrogen-bond acceptors (Lipinski definition) is 2. The van der Waals surface area contributed by atoms with Crippen molar-refractivity contribution in [3.8, 4) is 0 Å². The molecular formula is C19H30N2. The zero-order valence-electron chi connectivity index (χ0n) is 13.5. The Balaban J connectivity index is 1.84. The molecule has 0 spiro atoms. The standard InChI is InChI=1S/C19H30N2/c1-2-16-8-10-17(11-9-16)18(20)19(12-4-5-13-19)21-14-6-3-7-15-21/h8-11,18H,2-7,12-15,20H2,1H3. The Morgan fingerprint density at radius 2 is 1.62 bits per heavy atom. The van der Waals surface area contributed by atoms with Crippen LogP contribution in [-0.2, 0) is 6.42 Å². The first-order valence-electron chi connectivity index (χ1n) is 8.86. The summed E-state index contributed by atoms with van der Waals surface area (Å²) in [6.45, 7) is 4.71. The van der Waals surface area contributed by atoms with E-state index in [9.17, 15) is 0 Å². The molecule has 116 valence electrons. The highest BCUT2D eigenvalue weighted by Crippen LogP contribution is 2.44. The number of aryl methyl sites for hydroxylation is 1. The maximum Gasteiger partial charge on any atom is 0.0482 e. The van der Waals surface area contributed by atoms with Crippen molar-refractivity contribution in [2.24, 2.45) is 5.73 Å². The molecule has 3 rings (SSSR count). The van der Waals surface area contributed by atoms with Crippen molar-refractivity contribution in [3.05, 3.63) is 35.4 Å². The second-order valence-corrected chi connectivity index (χ2v) is 6.93. The van der Waals surface area contributed by atoms with Gasteiger partial charge in [0.15, 0.2) is 0 Å². The molecule has 1 aromatic carbocycles. The van der Waals surface area contributed by atoms with Gasteiger partial charge in [0.25, 0.3) is 0 Å². The lowest BCUT2D eigenvalue weighted by molar-refractivity contribution is 0.0478. The van der Waals surface area contributed by atoms with Crippen LogP contribution in [0.2, 0.25) is 0 Å². The molecule has 2 nitrogen and oxygen atoms in total. The van der Waals surface area contributed by atoms with Crippen LogP contribution >= 0.6 is 0 Å². The first-order chi connectivity index (χ1) is 10.3. The predicted molar refractivity (Wildman–Crippen MR) is 89.4 cm³/mol. The van der Waals surface area contributed by atoms with Crippen LogP contribution in [0.15, 0.2) is 24.3 Å². The minimum absolute atomic E-state index is 0.170. The smallest absolute Gasteiger partial charge is 0.0482 e. The summed E-state index contributed by atoms with van der Waals surface area (Å²) in [4.78, 5) is 2.74. The summed E-state index contributed by atoms with van der Waals surface area (Å²) in [5.41, 5.74) is 9.79. The van der Waals surface area contributed by atoms with Gasteiger partial charge < -0.3 is 5.73 Å². The molecule has 21 heavy (non-hydrogen) atoms. The van der Waals surface area contributed by atoms with Crippen LogP contribution < -0.4 is 5.73 Å². The average molecular weight is 286 g/mol. The van der Waals surface area contributed by atoms with Gasteiger partial charge in [-0.25, -0.2) is 0 Å². The van der Waals surface area contributed by atoms with Crippen molar-refractivity contribution in [2.75, 3.05) is 13.1 Å². The fourth-order valence-electron chi connectivity index (χ4n) is 4.42. The van der Waals surface area contributed by atoms with Gasteiger partial charge in [0.05, 0.1) is 0 Å². The maximum atomic E-state index is 6.82. The molecule has 0 radical (unpaired) electrons. The van der Waals surface area contributed by atoms with E-state index in [-0.39, 0.29) is 11.6 Å². The monoisotopic (exact) mass is 286 g/mol. The van der Waals surface area contributed by atoms with Crippen LogP contribution in [0.5, 0.6) is 0 Å². The molecular weight excluding hydrogens is 256 g/mol. The second-order valence-electron chi connectivity index (χ2n) is 6.93. The molecule has 1 aromatic rings. The maximum absolute atomic E-state index is 6.82. The van der Waals surface area contributed by atoms with Crippen LogP contribution in [0, 0.1) is 0 Å². The van der Waals surface area contributed by atoms with Crippen LogP contribution in [-0.4, -0.2) is 23.5 Å². The number of likely N-dealkylation sites (tertiary alicyclic amines) is 1. The van der Waals surface area contributed by atoms with Crippen molar-refractivity contribution in [1.29, 1.82) is 0 Å². The van der Waals surface area contributed by atoms with Gasteiger partial charge in [-0.3, -0.25) is 4.90 Å². The van der Waals surface area contributed by atoms with Crippen molar-refractivity contribution >= 4 is 0 Å². The van der Waals surface area contributed by atoms with E-state index in [0.717, 1.165) is 6.42 Å². The van der Waals surface area contributed by atoms with Crippen LogP contribution in [0.25, 0.3) is 0 Å². The molecule has 0 aromatic heterocycles. The summed E-state index contributed by atoms with van der Waals surface area (Å²) in [6, 6.07) is 9.23. The molecule has 1 heterocycles. The third-order valence-electron chi connectivity index (χ3n) is 5.78. The molecule has 1 aliphatic carbocycles. The number of benzene rings is 1. The first kappa shape index (κ1) is 15.1. The molecule has 1 unspecified atom stereocenters. The van der Waals surface area contributed by atoms with E-state index in [0.29, 0.717) is 0 Å². The Labute approximate surface area is 129 Å². The normalized spacial score (nSPS) is 24.1. The Morgan fingerprint density at radius 1 is 1.00 bits per heavy atom. The van der Waals surface area contributed by atoms with Crippen LogP contribution in [0.3, 0.4) is 0 Å². The minimum atomic E-state index is 0.170. The molecule has 2 heteroatoms. The lowest BCUT2D eigenvalue weighted by Crippen LogP contribution is -2.55. The lowest BCUT2D eigenvalue weighted by Gasteiger charge is -2.47. The van der Waals surface area contributed by atoms with Gasteiger partial charge >= 0.3 is 0 Å². The van der Waals surface area contributed by atoms with E-state index < -0.39 is 0 Å². The molecule has 2 aliphatic rings. The fraction of sp³-hybridized carbons (Fsp3) is 0.684. The molecule has 1 saturated heterocycles. The Bertz CT molecular complexity index is 439. The average Bonchev–Trinajstić information content (AvgIpc) is 3.06. The highest BCUT2D eigenvalue weighted by Gasteiger charge is 2.45. The topological polar surface area (TPSA) is 29.3 Å². The zero-order valence-corrected chi connectivity index (χ0v) is 13.5. The molecule has 2 N–H and O–H groups in total. The Hall–Kier alpha value is -0.860. The zero-order chi connectivity index (χ0) is 14.7. The van der Waals surface area contributed by atoms with Gasteiger partial charge in [0.1, 0.15) is 0 Å². The Kier molecular flexibility index (Phi) is 4.66. The van der Waals surface area contributed by atoms with Gasteiger partial charge in [-0.2, -0.15) is 0 Å². The van der Waals surface area contributed by atoms with E-state index in [2.05, 4.69) is 36.1 Å². The van der Waals surface area contributed by atoms with Gasteiger partial charge in [-0.15, -0.1) is 0 Å². The third kappa shape index (κ3) is 2.89. The molecule has 2 fully saturated rings. The Morgan fingerprint density at radius 3 is 2.19 bits per heavy atom. The number of piperidine rings is 1. The molecule has 0 amide bonds. The van der Waals surface area contributed by atoms with Crippen molar-refractivity contribution < 1.29 is 0 Å². The summed E-state index contributed by atoms with van der Waals surface area (Å²) in [5.74, 6) is 0. The highest BCUT2D eigenvalue weighted by molar-refractivity contribution is 5.28.